The Labute approximate surface area is 151 Å². The van der Waals surface area contributed by atoms with E-state index in [0.717, 1.165) is 12.0 Å². The number of likely N-dealkylation sites (tertiary alicyclic amines) is 1. The summed E-state index contributed by atoms with van der Waals surface area (Å²) in [5, 5.41) is 9.29. The van der Waals surface area contributed by atoms with Gasteiger partial charge in [0.15, 0.2) is 0 Å². The molecule has 4 rings (SSSR count). The number of rotatable bonds is 4. The van der Waals surface area contributed by atoms with Crippen molar-refractivity contribution in [3.05, 3.63) is 35.4 Å². The van der Waals surface area contributed by atoms with Gasteiger partial charge in [0.2, 0.25) is 5.91 Å². The molecule has 1 aromatic carbocycles. The molecule has 26 heavy (non-hydrogen) atoms. The molecule has 8 heteroatoms. The molecule has 0 bridgehead atoms. The number of benzene rings is 1. The van der Waals surface area contributed by atoms with E-state index in [2.05, 4.69) is 10.9 Å². The van der Waals surface area contributed by atoms with E-state index in [-0.39, 0.29) is 30.2 Å². The van der Waals surface area contributed by atoms with Crippen molar-refractivity contribution in [1.82, 2.24) is 20.7 Å². The molecule has 0 saturated carbocycles. The van der Waals surface area contributed by atoms with Gasteiger partial charge in [0.05, 0.1) is 0 Å². The number of amides is 2. The van der Waals surface area contributed by atoms with Gasteiger partial charge in [0.1, 0.15) is 6.04 Å². The van der Waals surface area contributed by atoms with Gasteiger partial charge in [-0.2, -0.15) is 0 Å². The molecule has 0 radical (unpaired) electrons. The fourth-order valence-corrected chi connectivity index (χ4v) is 4.16. The van der Waals surface area contributed by atoms with Crippen LogP contribution in [-0.4, -0.2) is 64.4 Å². The minimum absolute atomic E-state index is 0.0248. The van der Waals surface area contributed by atoms with E-state index in [1.165, 1.54) is 0 Å². The Morgan fingerprint density at radius 2 is 2.04 bits per heavy atom. The van der Waals surface area contributed by atoms with Gasteiger partial charge < -0.3 is 14.9 Å². The summed E-state index contributed by atoms with van der Waals surface area (Å²) >= 11 is 0. The quantitative estimate of drug-likeness (QED) is 0.690. The number of aliphatic carboxylic acids is 1. The van der Waals surface area contributed by atoms with Crippen LogP contribution in [0.5, 0.6) is 0 Å². The van der Waals surface area contributed by atoms with E-state index in [1.54, 1.807) is 9.80 Å². The molecule has 2 fully saturated rings. The van der Waals surface area contributed by atoms with Crippen LogP contribution in [0.2, 0.25) is 0 Å². The Kier molecular flexibility index (Phi) is 4.37. The number of hydrazine groups is 1. The van der Waals surface area contributed by atoms with Crippen molar-refractivity contribution in [2.75, 3.05) is 19.6 Å². The smallest absolute Gasteiger partial charge is 0.322 e. The van der Waals surface area contributed by atoms with Gasteiger partial charge in [0, 0.05) is 50.1 Å². The number of carboxylic acids is 1. The second-order valence-electron chi connectivity index (χ2n) is 7.14. The average Bonchev–Trinajstić information content (AvgIpc) is 3.21. The molecule has 3 aliphatic rings. The van der Waals surface area contributed by atoms with Crippen molar-refractivity contribution in [3.8, 4) is 0 Å². The number of piperidine rings is 1. The van der Waals surface area contributed by atoms with Crippen LogP contribution in [0.15, 0.2) is 24.3 Å². The molecular formula is C18H22N4O4. The monoisotopic (exact) mass is 358 g/mol. The van der Waals surface area contributed by atoms with Gasteiger partial charge in [-0.05, 0) is 18.1 Å². The minimum atomic E-state index is -0.903. The molecule has 8 nitrogen and oxygen atoms in total. The number of hydrogen-bond acceptors (Lipinski definition) is 5. The summed E-state index contributed by atoms with van der Waals surface area (Å²) in [7, 11) is 0. The zero-order valence-electron chi connectivity index (χ0n) is 14.4. The van der Waals surface area contributed by atoms with E-state index in [0.29, 0.717) is 31.7 Å². The molecule has 1 aromatic rings. The predicted octanol–water partition coefficient (Wildman–Crippen LogP) is -0.189. The fourth-order valence-electron chi connectivity index (χ4n) is 4.16. The third-order valence-corrected chi connectivity index (χ3v) is 5.62. The first-order valence-corrected chi connectivity index (χ1v) is 8.93. The highest BCUT2D eigenvalue weighted by Crippen LogP contribution is 2.26. The summed E-state index contributed by atoms with van der Waals surface area (Å²) in [6.07, 6.45) is 0.983. The van der Waals surface area contributed by atoms with Crippen LogP contribution in [0.25, 0.3) is 0 Å². The van der Waals surface area contributed by atoms with Crippen molar-refractivity contribution in [2.24, 2.45) is 5.92 Å². The molecule has 2 saturated heterocycles. The SMILES string of the molecule is O=C(O)C1NNC2CCN(C(=O)CCN3Cc4ccccc4C3=O)CC21. The number of carbonyl (C=O) groups excluding carboxylic acids is 2. The van der Waals surface area contributed by atoms with Gasteiger partial charge in [-0.15, -0.1) is 0 Å². The van der Waals surface area contributed by atoms with E-state index in [9.17, 15) is 19.5 Å². The Hall–Kier alpha value is -2.45. The highest BCUT2D eigenvalue weighted by atomic mass is 16.4. The number of carbonyl (C=O) groups is 3. The predicted molar refractivity (Wildman–Crippen MR) is 92.0 cm³/mol. The van der Waals surface area contributed by atoms with Gasteiger partial charge >= 0.3 is 5.97 Å². The van der Waals surface area contributed by atoms with Crippen molar-refractivity contribution in [1.29, 1.82) is 0 Å². The van der Waals surface area contributed by atoms with Gasteiger partial charge in [-0.3, -0.25) is 19.8 Å². The Bertz CT molecular complexity index is 752. The van der Waals surface area contributed by atoms with Crippen LogP contribution in [0, 0.1) is 5.92 Å². The Morgan fingerprint density at radius 3 is 2.81 bits per heavy atom. The van der Waals surface area contributed by atoms with Crippen LogP contribution in [0.3, 0.4) is 0 Å². The summed E-state index contributed by atoms with van der Waals surface area (Å²) in [4.78, 5) is 39.7. The third-order valence-electron chi connectivity index (χ3n) is 5.62. The lowest BCUT2D eigenvalue weighted by molar-refractivity contribution is -0.142. The van der Waals surface area contributed by atoms with Gasteiger partial charge in [0.25, 0.3) is 5.91 Å². The topological polar surface area (TPSA) is 102 Å². The van der Waals surface area contributed by atoms with Crippen LogP contribution in [0.4, 0.5) is 0 Å². The van der Waals surface area contributed by atoms with Crippen molar-refractivity contribution < 1.29 is 19.5 Å². The number of nitrogens with zero attached hydrogens (tertiary/aromatic N) is 2. The van der Waals surface area contributed by atoms with Crippen LogP contribution >= 0.6 is 0 Å². The lowest BCUT2D eigenvalue weighted by Gasteiger charge is -2.35. The fraction of sp³-hybridized carbons (Fsp3) is 0.500. The molecule has 3 aliphatic heterocycles. The third kappa shape index (κ3) is 2.95. The van der Waals surface area contributed by atoms with Crippen molar-refractivity contribution in [2.45, 2.75) is 31.5 Å². The standard InChI is InChI=1S/C18H22N4O4/c23-15(6-8-22-9-11-3-1-2-4-12(11)17(22)24)21-7-5-14-13(10-21)16(18(25)26)20-19-14/h1-4,13-14,16,19-20H,5-10H2,(H,25,26). The summed E-state index contributed by atoms with van der Waals surface area (Å²) in [5.74, 6) is -1.09. The molecule has 3 N–H and O–H groups in total. The molecule has 0 aliphatic carbocycles. The Balaban J connectivity index is 1.33. The zero-order chi connectivity index (χ0) is 18.3. The minimum Gasteiger partial charge on any atom is -0.480 e. The number of fused-ring (bicyclic) bond motifs is 2. The molecule has 0 aromatic heterocycles. The molecule has 138 valence electrons. The normalized spacial score (nSPS) is 27.4. The van der Waals surface area contributed by atoms with Gasteiger partial charge in [-0.25, -0.2) is 5.43 Å². The second-order valence-corrected chi connectivity index (χ2v) is 7.14. The van der Waals surface area contributed by atoms with E-state index in [1.807, 2.05) is 24.3 Å². The van der Waals surface area contributed by atoms with Gasteiger partial charge in [-0.1, -0.05) is 18.2 Å². The van der Waals surface area contributed by atoms with E-state index < -0.39 is 12.0 Å². The maximum Gasteiger partial charge on any atom is 0.322 e. The largest absolute Gasteiger partial charge is 0.480 e. The van der Waals surface area contributed by atoms with Crippen molar-refractivity contribution >= 4 is 17.8 Å². The van der Waals surface area contributed by atoms with E-state index in [4.69, 9.17) is 0 Å². The average molecular weight is 358 g/mol. The van der Waals surface area contributed by atoms with Crippen molar-refractivity contribution in [3.63, 3.8) is 0 Å². The maximum absolute atomic E-state index is 12.6. The number of nitrogens with one attached hydrogen (secondary N) is 2. The molecule has 2 amide bonds. The summed E-state index contributed by atoms with van der Waals surface area (Å²) in [6, 6.07) is 6.91. The second kappa shape index (κ2) is 6.69. The summed E-state index contributed by atoms with van der Waals surface area (Å²) in [6.45, 7) is 1.96. The van der Waals surface area contributed by atoms with E-state index >= 15 is 0 Å². The molecule has 3 unspecified atom stereocenters. The first kappa shape index (κ1) is 17.0. The lowest BCUT2D eigenvalue weighted by Crippen LogP contribution is -2.50. The molecule has 3 heterocycles. The highest BCUT2D eigenvalue weighted by molar-refractivity contribution is 5.98. The van der Waals surface area contributed by atoms with Crippen LogP contribution < -0.4 is 10.9 Å². The van der Waals surface area contributed by atoms with Crippen LogP contribution in [-0.2, 0) is 16.1 Å². The molecular weight excluding hydrogens is 336 g/mol. The molecule has 0 spiro atoms. The Morgan fingerprint density at radius 1 is 1.23 bits per heavy atom. The highest BCUT2D eigenvalue weighted by Gasteiger charge is 2.44. The maximum atomic E-state index is 12.6. The number of hydrogen-bond donors (Lipinski definition) is 3. The first-order chi connectivity index (χ1) is 12.5. The first-order valence-electron chi connectivity index (χ1n) is 8.93. The lowest BCUT2D eigenvalue weighted by atomic mass is 9.88. The van der Waals surface area contributed by atoms with Crippen LogP contribution in [0.1, 0.15) is 28.8 Å². The zero-order valence-corrected chi connectivity index (χ0v) is 14.4. The summed E-state index contributed by atoms with van der Waals surface area (Å²) < 4.78 is 0. The molecule has 3 atom stereocenters. The number of carboxylic acid groups (broad SMARTS) is 1. The summed E-state index contributed by atoms with van der Waals surface area (Å²) in [5.41, 5.74) is 7.54.